The van der Waals surface area contributed by atoms with Crippen molar-refractivity contribution in [1.29, 1.82) is 0 Å². The fourth-order valence-corrected chi connectivity index (χ4v) is 1.93. The monoisotopic (exact) mass is 276 g/mol. The van der Waals surface area contributed by atoms with E-state index in [1.165, 1.54) is 5.56 Å². The molecule has 0 atom stereocenters. The van der Waals surface area contributed by atoms with Crippen LogP contribution in [0.2, 0.25) is 5.02 Å². The van der Waals surface area contributed by atoms with Crippen molar-refractivity contribution < 1.29 is 4.74 Å². The van der Waals surface area contributed by atoms with Gasteiger partial charge in [0.1, 0.15) is 12.4 Å². The van der Waals surface area contributed by atoms with E-state index in [9.17, 15) is 0 Å². The average molecular weight is 277 g/mol. The van der Waals surface area contributed by atoms with Crippen LogP contribution in [0.4, 0.5) is 11.4 Å². The van der Waals surface area contributed by atoms with Gasteiger partial charge < -0.3 is 15.8 Å². The van der Waals surface area contributed by atoms with Crippen LogP contribution in [0, 0.1) is 6.92 Å². The fraction of sp³-hybridized carbons (Fsp3) is 0.200. The summed E-state index contributed by atoms with van der Waals surface area (Å²) < 4.78 is 5.64. The SMILES string of the molecule is Cc1cccc(OCCNc2ccc(Cl)cc2N)c1. The van der Waals surface area contributed by atoms with Gasteiger partial charge in [-0.15, -0.1) is 0 Å². The van der Waals surface area contributed by atoms with E-state index in [2.05, 4.69) is 5.32 Å². The molecule has 0 aliphatic rings. The Labute approximate surface area is 118 Å². The lowest BCUT2D eigenvalue weighted by molar-refractivity contribution is 0.332. The van der Waals surface area contributed by atoms with Crippen molar-refractivity contribution in [2.45, 2.75) is 6.92 Å². The van der Waals surface area contributed by atoms with Gasteiger partial charge in [-0.05, 0) is 42.8 Å². The van der Waals surface area contributed by atoms with Gasteiger partial charge in [-0.1, -0.05) is 23.7 Å². The number of nitrogen functional groups attached to an aromatic ring is 1. The van der Waals surface area contributed by atoms with Crippen molar-refractivity contribution in [3.05, 3.63) is 53.1 Å². The zero-order valence-corrected chi connectivity index (χ0v) is 11.6. The minimum absolute atomic E-state index is 0.575. The number of halogens is 1. The molecule has 0 aliphatic heterocycles. The van der Waals surface area contributed by atoms with Crippen LogP contribution in [0.25, 0.3) is 0 Å². The maximum absolute atomic E-state index is 5.85. The Morgan fingerprint density at radius 2 is 2.05 bits per heavy atom. The molecule has 0 spiro atoms. The van der Waals surface area contributed by atoms with E-state index in [4.69, 9.17) is 22.1 Å². The van der Waals surface area contributed by atoms with Crippen LogP contribution in [-0.2, 0) is 0 Å². The molecule has 0 saturated heterocycles. The summed E-state index contributed by atoms with van der Waals surface area (Å²) in [5.74, 6) is 0.880. The molecule has 2 aromatic carbocycles. The van der Waals surface area contributed by atoms with Crippen LogP contribution >= 0.6 is 11.6 Å². The second kappa shape index (κ2) is 6.34. The zero-order valence-electron chi connectivity index (χ0n) is 10.8. The first-order valence-corrected chi connectivity index (χ1v) is 6.51. The van der Waals surface area contributed by atoms with Crippen molar-refractivity contribution in [2.24, 2.45) is 0 Å². The van der Waals surface area contributed by atoms with Crippen LogP contribution < -0.4 is 15.8 Å². The number of aryl methyl sites for hydroxylation is 1. The minimum Gasteiger partial charge on any atom is -0.492 e. The number of hydrogen-bond acceptors (Lipinski definition) is 3. The first-order valence-electron chi connectivity index (χ1n) is 6.13. The Morgan fingerprint density at radius 1 is 1.21 bits per heavy atom. The van der Waals surface area contributed by atoms with E-state index in [0.29, 0.717) is 23.9 Å². The highest BCUT2D eigenvalue weighted by atomic mass is 35.5. The van der Waals surface area contributed by atoms with Crippen LogP contribution in [0.15, 0.2) is 42.5 Å². The summed E-state index contributed by atoms with van der Waals surface area (Å²) in [7, 11) is 0. The highest BCUT2D eigenvalue weighted by Crippen LogP contribution is 2.22. The van der Waals surface area contributed by atoms with Gasteiger partial charge in [-0.2, -0.15) is 0 Å². The van der Waals surface area contributed by atoms with E-state index >= 15 is 0 Å². The summed E-state index contributed by atoms with van der Waals surface area (Å²) >= 11 is 5.84. The van der Waals surface area contributed by atoms with E-state index < -0.39 is 0 Å². The van der Waals surface area contributed by atoms with Crippen LogP contribution in [0.3, 0.4) is 0 Å². The molecular formula is C15H17ClN2O. The molecule has 0 amide bonds. The highest BCUT2D eigenvalue weighted by molar-refractivity contribution is 6.31. The normalized spacial score (nSPS) is 10.2. The van der Waals surface area contributed by atoms with E-state index in [1.54, 1.807) is 6.07 Å². The lowest BCUT2D eigenvalue weighted by atomic mass is 10.2. The first kappa shape index (κ1) is 13.6. The number of nitrogens with two attached hydrogens (primary N) is 1. The van der Waals surface area contributed by atoms with Gasteiger partial charge in [0.05, 0.1) is 11.4 Å². The third-order valence-corrected chi connectivity index (χ3v) is 2.92. The summed E-state index contributed by atoms with van der Waals surface area (Å²) in [5.41, 5.74) is 8.55. The van der Waals surface area contributed by atoms with Gasteiger partial charge >= 0.3 is 0 Å². The Bertz CT molecular complexity index is 558. The Morgan fingerprint density at radius 3 is 2.79 bits per heavy atom. The summed E-state index contributed by atoms with van der Waals surface area (Å²) in [5, 5.41) is 3.85. The fourth-order valence-electron chi connectivity index (χ4n) is 1.75. The minimum atomic E-state index is 0.575. The van der Waals surface area contributed by atoms with E-state index in [-0.39, 0.29) is 0 Å². The number of benzene rings is 2. The number of hydrogen-bond donors (Lipinski definition) is 2. The van der Waals surface area contributed by atoms with Gasteiger partial charge in [0.15, 0.2) is 0 Å². The smallest absolute Gasteiger partial charge is 0.119 e. The largest absolute Gasteiger partial charge is 0.492 e. The molecule has 0 aliphatic carbocycles. The van der Waals surface area contributed by atoms with Crippen molar-refractivity contribution in [2.75, 3.05) is 24.2 Å². The summed E-state index contributed by atoms with van der Waals surface area (Å²) in [4.78, 5) is 0. The molecule has 2 aromatic rings. The predicted molar refractivity (Wildman–Crippen MR) is 81.0 cm³/mol. The maximum Gasteiger partial charge on any atom is 0.119 e. The lowest BCUT2D eigenvalue weighted by Gasteiger charge is -2.11. The topological polar surface area (TPSA) is 47.3 Å². The number of rotatable bonds is 5. The third kappa shape index (κ3) is 4.07. The molecule has 0 fully saturated rings. The standard InChI is InChI=1S/C15H17ClN2O/c1-11-3-2-4-13(9-11)19-8-7-18-15-6-5-12(16)10-14(15)17/h2-6,9-10,18H,7-8,17H2,1H3. The van der Waals surface area contributed by atoms with Crippen molar-refractivity contribution in [3.8, 4) is 5.75 Å². The quantitative estimate of drug-likeness (QED) is 0.646. The van der Waals surface area contributed by atoms with E-state index in [1.807, 2.05) is 43.3 Å². The Kier molecular flexibility index (Phi) is 4.53. The molecule has 0 bridgehead atoms. The summed E-state index contributed by atoms with van der Waals surface area (Å²) in [6.07, 6.45) is 0. The Hall–Kier alpha value is -1.87. The maximum atomic E-state index is 5.85. The van der Waals surface area contributed by atoms with Gasteiger partial charge in [0.25, 0.3) is 0 Å². The molecule has 0 heterocycles. The predicted octanol–water partition coefficient (Wildman–Crippen LogP) is 3.72. The molecule has 100 valence electrons. The molecule has 3 N–H and O–H groups in total. The van der Waals surface area contributed by atoms with Gasteiger partial charge in [0, 0.05) is 11.6 Å². The molecule has 0 aromatic heterocycles. The van der Waals surface area contributed by atoms with Crippen molar-refractivity contribution in [3.63, 3.8) is 0 Å². The highest BCUT2D eigenvalue weighted by Gasteiger charge is 1.99. The number of nitrogens with one attached hydrogen (secondary N) is 1. The van der Waals surface area contributed by atoms with Gasteiger partial charge in [-0.25, -0.2) is 0 Å². The van der Waals surface area contributed by atoms with Crippen LogP contribution in [0.5, 0.6) is 5.75 Å². The van der Waals surface area contributed by atoms with Crippen LogP contribution in [0.1, 0.15) is 5.56 Å². The van der Waals surface area contributed by atoms with Crippen molar-refractivity contribution in [1.82, 2.24) is 0 Å². The van der Waals surface area contributed by atoms with Gasteiger partial charge in [0.2, 0.25) is 0 Å². The molecule has 0 saturated carbocycles. The number of anilines is 2. The second-order valence-corrected chi connectivity index (χ2v) is 4.76. The molecule has 0 radical (unpaired) electrons. The lowest BCUT2D eigenvalue weighted by Crippen LogP contribution is -2.12. The molecule has 3 nitrogen and oxygen atoms in total. The number of ether oxygens (including phenoxy) is 1. The van der Waals surface area contributed by atoms with Crippen LogP contribution in [-0.4, -0.2) is 13.2 Å². The van der Waals surface area contributed by atoms with Crippen molar-refractivity contribution >= 4 is 23.0 Å². The first-order chi connectivity index (χ1) is 9.15. The van der Waals surface area contributed by atoms with Gasteiger partial charge in [-0.3, -0.25) is 0 Å². The molecule has 19 heavy (non-hydrogen) atoms. The third-order valence-electron chi connectivity index (χ3n) is 2.69. The second-order valence-electron chi connectivity index (χ2n) is 4.32. The molecule has 0 unspecified atom stereocenters. The summed E-state index contributed by atoms with van der Waals surface area (Å²) in [6, 6.07) is 13.4. The van der Waals surface area contributed by atoms with E-state index in [0.717, 1.165) is 11.4 Å². The molecular weight excluding hydrogens is 260 g/mol. The molecule has 2 rings (SSSR count). The average Bonchev–Trinajstić information content (AvgIpc) is 2.37. The zero-order chi connectivity index (χ0) is 13.7. The summed E-state index contributed by atoms with van der Waals surface area (Å²) in [6.45, 7) is 3.30. The Balaban J connectivity index is 1.81. The molecule has 4 heteroatoms.